The highest BCUT2D eigenvalue weighted by Crippen LogP contribution is 2.28. The van der Waals surface area contributed by atoms with E-state index in [1.807, 2.05) is 13.8 Å². The number of nitrogens with one attached hydrogen (secondary N) is 2. The Morgan fingerprint density at radius 1 is 1.45 bits per heavy atom. The van der Waals surface area contributed by atoms with Crippen LogP contribution in [0.15, 0.2) is 18.2 Å². The van der Waals surface area contributed by atoms with E-state index in [1.54, 1.807) is 17.0 Å². The van der Waals surface area contributed by atoms with Crippen LogP contribution in [-0.4, -0.2) is 28.5 Å². The van der Waals surface area contributed by atoms with Gasteiger partial charge in [-0.15, -0.1) is 0 Å². The Balaban J connectivity index is 1.88. The average Bonchev–Trinajstić information content (AvgIpc) is 2.75. The number of nitrogens with zero attached hydrogens (tertiary/aromatic N) is 1. The van der Waals surface area contributed by atoms with Crippen molar-refractivity contribution in [1.82, 2.24) is 15.2 Å². The highest BCUT2D eigenvalue weighted by Gasteiger charge is 2.24. The first-order valence-corrected chi connectivity index (χ1v) is 6.89. The number of carbonyl (C=O) groups is 1. The van der Waals surface area contributed by atoms with Gasteiger partial charge in [-0.25, -0.2) is 9.18 Å². The third kappa shape index (κ3) is 2.24. The molecule has 4 nitrogen and oxygen atoms in total. The van der Waals surface area contributed by atoms with Gasteiger partial charge in [-0.05, 0) is 44.0 Å². The Bertz CT molecular complexity index is 662. The highest BCUT2D eigenvalue weighted by molar-refractivity contribution is 5.85. The predicted octanol–water partition coefficient (Wildman–Crippen LogP) is 2.78. The van der Waals surface area contributed by atoms with Gasteiger partial charge in [0.15, 0.2) is 0 Å². The Labute approximate surface area is 117 Å². The van der Waals surface area contributed by atoms with Crippen LogP contribution in [0, 0.1) is 5.82 Å². The Morgan fingerprint density at radius 2 is 2.25 bits per heavy atom. The normalized spacial score (nSPS) is 14.7. The number of aromatic nitrogens is 1. The molecule has 0 atom stereocenters. The van der Waals surface area contributed by atoms with Crippen LogP contribution in [0.5, 0.6) is 0 Å². The lowest BCUT2D eigenvalue weighted by molar-refractivity contribution is 0.189. The highest BCUT2D eigenvalue weighted by atomic mass is 19.1. The van der Waals surface area contributed by atoms with Gasteiger partial charge < -0.3 is 15.2 Å². The standard InChI is InChI=1S/C15H18FN3O/c1-9(2)17-15(20)19-6-5-11-12-7-10(16)3-4-13(12)18-14(11)8-19/h3-4,7,9,18H,5-6,8H2,1-2H3,(H,17,20). The van der Waals surface area contributed by atoms with Crippen LogP contribution >= 0.6 is 0 Å². The first kappa shape index (κ1) is 13.0. The molecule has 0 radical (unpaired) electrons. The number of hydrogen-bond donors (Lipinski definition) is 2. The van der Waals surface area contributed by atoms with Crippen molar-refractivity contribution in [3.8, 4) is 0 Å². The summed E-state index contributed by atoms with van der Waals surface area (Å²) in [7, 11) is 0. The van der Waals surface area contributed by atoms with Crippen LogP contribution in [0.4, 0.5) is 9.18 Å². The van der Waals surface area contributed by atoms with E-state index in [9.17, 15) is 9.18 Å². The molecule has 1 aliphatic rings. The van der Waals surface area contributed by atoms with E-state index in [0.717, 1.165) is 28.6 Å². The van der Waals surface area contributed by atoms with Crippen LogP contribution in [0.1, 0.15) is 25.1 Å². The molecule has 0 saturated carbocycles. The van der Waals surface area contributed by atoms with Crippen molar-refractivity contribution in [2.45, 2.75) is 32.9 Å². The summed E-state index contributed by atoms with van der Waals surface area (Å²) in [6, 6.07) is 4.85. The number of rotatable bonds is 1. The largest absolute Gasteiger partial charge is 0.357 e. The predicted molar refractivity (Wildman–Crippen MR) is 76.0 cm³/mol. The molecule has 0 bridgehead atoms. The van der Waals surface area contributed by atoms with Gasteiger partial charge in [0.2, 0.25) is 0 Å². The number of fused-ring (bicyclic) bond motifs is 3. The summed E-state index contributed by atoms with van der Waals surface area (Å²) < 4.78 is 13.3. The van der Waals surface area contributed by atoms with Gasteiger partial charge in [0.1, 0.15) is 5.82 Å². The average molecular weight is 275 g/mol. The Hall–Kier alpha value is -2.04. The summed E-state index contributed by atoms with van der Waals surface area (Å²) in [5, 5.41) is 3.83. The molecule has 1 aromatic heterocycles. The van der Waals surface area contributed by atoms with Gasteiger partial charge >= 0.3 is 6.03 Å². The zero-order chi connectivity index (χ0) is 14.3. The Morgan fingerprint density at radius 3 is 3.00 bits per heavy atom. The molecule has 2 amide bonds. The van der Waals surface area contributed by atoms with Gasteiger partial charge in [0.05, 0.1) is 6.54 Å². The van der Waals surface area contributed by atoms with E-state index in [-0.39, 0.29) is 17.9 Å². The van der Waals surface area contributed by atoms with Gasteiger partial charge in [-0.2, -0.15) is 0 Å². The van der Waals surface area contributed by atoms with Crippen LogP contribution in [-0.2, 0) is 13.0 Å². The minimum absolute atomic E-state index is 0.0458. The maximum Gasteiger partial charge on any atom is 0.317 e. The second-order valence-corrected chi connectivity index (χ2v) is 5.55. The van der Waals surface area contributed by atoms with Crippen molar-refractivity contribution < 1.29 is 9.18 Å². The van der Waals surface area contributed by atoms with Gasteiger partial charge in [-0.1, -0.05) is 0 Å². The van der Waals surface area contributed by atoms with Crippen LogP contribution in [0.2, 0.25) is 0 Å². The van der Waals surface area contributed by atoms with Crippen molar-refractivity contribution in [2.24, 2.45) is 0 Å². The zero-order valence-electron chi connectivity index (χ0n) is 11.7. The Kier molecular flexibility index (Phi) is 3.12. The van der Waals surface area contributed by atoms with Gasteiger partial charge in [0, 0.05) is 29.2 Å². The van der Waals surface area contributed by atoms with Crippen molar-refractivity contribution in [1.29, 1.82) is 0 Å². The van der Waals surface area contributed by atoms with E-state index in [1.165, 1.54) is 6.07 Å². The fourth-order valence-corrected chi connectivity index (χ4v) is 2.72. The summed E-state index contributed by atoms with van der Waals surface area (Å²) in [6.07, 6.45) is 0.754. The molecule has 2 N–H and O–H groups in total. The number of amides is 2. The number of carbonyl (C=O) groups excluding carboxylic acids is 1. The minimum atomic E-state index is -0.223. The molecule has 3 rings (SSSR count). The van der Waals surface area contributed by atoms with Crippen molar-refractivity contribution in [3.63, 3.8) is 0 Å². The number of halogens is 1. The molecule has 1 aromatic carbocycles. The molecule has 106 valence electrons. The topological polar surface area (TPSA) is 48.1 Å². The summed E-state index contributed by atoms with van der Waals surface area (Å²) in [6.45, 7) is 5.09. The van der Waals surface area contributed by atoms with Crippen LogP contribution in [0.3, 0.4) is 0 Å². The third-order valence-electron chi connectivity index (χ3n) is 3.64. The van der Waals surface area contributed by atoms with E-state index in [4.69, 9.17) is 0 Å². The van der Waals surface area contributed by atoms with Crippen molar-refractivity contribution >= 4 is 16.9 Å². The second-order valence-electron chi connectivity index (χ2n) is 5.55. The van der Waals surface area contributed by atoms with E-state index < -0.39 is 0 Å². The molecule has 5 heteroatoms. The van der Waals surface area contributed by atoms with E-state index in [0.29, 0.717) is 13.1 Å². The first-order valence-electron chi connectivity index (χ1n) is 6.89. The molecule has 20 heavy (non-hydrogen) atoms. The fraction of sp³-hybridized carbons (Fsp3) is 0.400. The molecular weight excluding hydrogens is 257 g/mol. The van der Waals surface area contributed by atoms with Gasteiger partial charge in [-0.3, -0.25) is 0 Å². The number of hydrogen-bond acceptors (Lipinski definition) is 1. The van der Waals surface area contributed by atoms with E-state index in [2.05, 4.69) is 10.3 Å². The zero-order valence-corrected chi connectivity index (χ0v) is 11.7. The lowest BCUT2D eigenvalue weighted by Gasteiger charge is -2.28. The number of urea groups is 1. The van der Waals surface area contributed by atoms with Crippen LogP contribution in [0.25, 0.3) is 10.9 Å². The maximum absolute atomic E-state index is 13.3. The number of H-pyrrole nitrogens is 1. The van der Waals surface area contributed by atoms with Crippen LogP contribution < -0.4 is 5.32 Å². The molecule has 0 fully saturated rings. The first-order chi connectivity index (χ1) is 9.54. The van der Waals surface area contributed by atoms with Crippen molar-refractivity contribution in [2.75, 3.05) is 6.54 Å². The molecule has 2 aromatic rings. The summed E-state index contributed by atoms with van der Waals surface area (Å²) >= 11 is 0. The lowest BCUT2D eigenvalue weighted by atomic mass is 10.0. The third-order valence-corrected chi connectivity index (χ3v) is 3.64. The molecule has 0 saturated heterocycles. The quantitative estimate of drug-likeness (QED) is 0.826. The lowest BCUT2D eigenvalue weighted by Crippen LogP contribution is -2.45. The van der Waals surface area contributed by atoms with Gasteiger partial charge in [0.25, 0.3) is 0 Å². The maximum atomic E-state index is 13.3. The summed E-state index contributed by atoms with van der Waals surface area (Å²) in [5.74, 6) is -0.223. The SMILES string of the molecule is CC(C)NC(=O)N1CCc2c([nH]c3ccc(F)cc23)C1. The summed E-state index contributed by atoms with van der Waals surface area (Å²) in [4.78, 5) is 17.1. The number of benzene rings is 1. The smallest absolute Gasteiger partial charge is 0.317 e. The minimum Gasteiger partial charge on any atom is -0.357 e. The molecule has 0 aliphatic carbocycles. The fourth-order valence-electron chi connectivity index (χ4n) is 2.72. The monoisotopic (exact) mass is 275 g/mol. The second kappa shape index (κ2) is 4.81. The molecule has 2 heterocycles. The summed E-state index contributed by atoms with van der Waals surface area (Å²) in [5.41, 5.74) is 3.08. The molecule has 0 spiro atoms. The molecule has 0 unspecified atom stereocenters. The van der Waals surface area contributed by atoms with E-state index >= 15 is 0 Å². The number of aromatic amines is 1. The molecular formula is C15H18FN3O. The molecule has 1 aliphatic heterocycles. The van der Waals surface area contributed by atoms with Crippen molar-refractivity contribution in [3.05, 3.63) is 35.3 Å².